The third-order valence-electron chi connectivity index (χ3n) is 2.67. The van der Waals surface area contributed by atoms with Gasteiger partial charge in [-0.05, 0) is 39.5 Å². The number of halogens is 1. The molecule has 0 spiro atoms. The number of hydrogen-bond donors (Lipinski definition) is 0. The lowest BCUT2D eigenvalue weighted by Crippen LogP contribution is -2.08. The molecule has 17 heavy (non-hydrogen) atoms. The summed E-state index contributed by atoms with van der Waals surface area (Å²) in [6, 6.07) is 3.71. The average Bonchev–Trinajstić information content (AvgIpc) is 2.30. The van der Waals surface area contributed by atoms with E-state index in [4.69, 9.17) is 4.42 Å². The highest BCUT2D eigenvalue weighted by Gasteiger charge is 2.12. The van der Waals surface area contributed by atoms with Crippen molar-refractivity contribution in [1.29, 1.82) is 0 Å². The highest BCUT2D eigenvalue weighted by atomic mass is 79.9. The highest BCUT2D eigenvalue weighted by Crippen LogP contribution is 2.27. The number of aldehydes is 1. The minimum absolute atomic E-state index is 0.0466. The average molecular weight is 295 g/mol. The molecule has 0 bridgehead atoms. The second-order valence-corrected chi connectivity index (χ2v) is 5.03. The fourth-order valence-corrected chi connectivity index (χ4v) is 2.22. The van der Waals surface area contributed by atoms with Crippen LogP contribution >= 0.6 is 15.9 Å². The van der Waals surface area contributed by atoms with Gasteiger partial charge in [0, 0.05) is 0 Å². The molecule has 88 valence electrons. The lowest BCUT2D eigenvalue weighted by molar-refractivity contribution is 0.112. The second-order valence-electron chi connectivity index (χ2n) is 4.17. The van der Waals surface area contributed by atoms with Crippen molar-refractivity contribution in [2.24, 2.45) is 0 Å². The molecular weight excluding hydrogens is 284 g/mol. The Morgan fingerprint density at radius 1 is 1.35 bits per heavy atom. The molecule has 0 saturated heterocycles. The Morgan fingerprint density at radius 2 is 2.06 bits per heavy atom. The Kier molecular flexibility index (Phi) is 3.15. The lowest BCUT2D eigenvalue weighted by Gasteiger charge is -2.08. The first-order valence-corrected chi connectivity index (χ1v) is 6.04. The van der Waals surface area contributed by atoms with E-state index in [1.165, 1.54) is 6.26 Å². The van der Waals surface area contributed by atoms with Crippen LogP contribution in [0, 0.1) is 0 Å². The Labute approximate surface area is 107 Å². The summed E-state index contributed by atoms with van der Waals surface area (Å²) in [5.74, 6) is 0.301. The summed E-state index contributed by atoms with van der Waals surface area (Å²) in [4.78, 5) is 22.7. The summed E-state index contributed by atoms with van der Waals surface area (Å²) in [6.07, 6.45) is 1.71. The van der Waals surface area contributed by atoms with Gasteiger partial charge in [0.15, 0.2) is 11.9 Å². The Hall–Kier alpha value is -1.42. The molecule has 0 atom stereocenters. The molecule has 0 N–H and O–H groups in total. The molecule has 0 fully saturated rings. The fraction of sp³-hybridized carbons (Fsp3) is 0.231. The number of carbonyl (C=O) groups is 1. The topological polar surface area (TPSA) is 47.3 Å². The van der Waals surface area contributed by atoms with Crippen LogP contribution < -0.4 is 5.43 Å². The standard InChI is InChI=1S/C13H11BrO3/c1-7(2)8-3-10-12(16)9(5-15)6-17-13(10)11(14)4-8/h3-7H,1-2H3. The second kappa shape index (κ2) is 4.45. The maximum atomic E-state index is 12.0. The summed E-state index contributed by atoms with van der Waals surface area (Å²) < 4.78 is 6.03. The molecule has 4 heteroatoms. The van der Waals surface area contributed by atoms with Gasteiger partial charge in [0.1, 0.15) is 6.26 Å². The maximum absolute atomic E-state index is 12.0. The van der Waals surface area contributed by atoms with E-state index in [-0.39, 0.29) is 11.0 Å². The minimum Gasteiger partial charge on any atom is -0.462 e. The number of rotatable bonds is 2. The minimum atomic E-state index is -0.288. The smallest absolute Gasteiger partial charge is 0.203 e. The van der Waals surface area contributed by atoms with E-state index in [2.05, 4.69) is 15.9 Å². The van der Waals surface area contributed by atoms with Crippen LogP contribution in [-0.2, 0) is 0 Å². The van der Waals surface area contributed by atoms with E-state index >= 15 is 0 Å². The first-order chi connectivity index (χ1) is 8.04. The van der Waals surface area contributed by atoms with Crippen LogP contribution in [0.5, 0.6) is 0 Å². The van der Waals surface area contributed by atoms with Gasteiger partial charge in [-0.2, -0.15) is 0 Å². The molecule has 0 unspecified atom stereocenters. The number of carbonyl (C=O) groups excluding carboxylic acids is 1. The van der Waals surface area contributed by atoms with Crippen LogP contribution in [-0.4, -0.2) is 6.29 Å². The molecule has 2 rings (SSSR count). The molecule has 0 saturated carbocycles. The van der Waals surface area contributed by atoms with Gasteiger partial charge in [0.05, 0.1) is 15.4 Å². The van der Waals surface area contributed by atoms with Gasteiger partial charge >= 0.3 is 0 Å². The molecule has 1 aromatic heterocycles. The molecule has 3 nitrogen and oxygen atoms in total. The van der Waals surface area contributed by atoms with Crippen LogP contribution in [0.1, 0.15) is 35.7 Å². The van der Waals surface area contributed by atoms with Crippen molar-refractivity contribution in [3.05, 3.63) is 44.2 Å². The van der Waals surface area contributed by atoms with Crippen LogP contribution in [0.3, 0.4) is 0 Å². The zero-order chi connectivity index (χ0) is 12.6. The Bertz CT molecular complexity index is 641. The molecular formula is C13H11BrO3. The summed E-state index contributed by atoms with van der Waals surface area (Å²) in [7, 11) is 0. The first-order valence-electron chi connectivity index (χ1n) is 5.24. The van der Waals surface area contributed by atoms with Crippen LogP contribution in [0.4, 0.5) is 0 Å². The van der Waals surface area contributed by atoms with Gasteiger partial charge in [-0.1, -0.05) is 13.8 Å². The van der Waals surface area contributed by atoms with Gasteiger partial charge < -0.3 is 4.42 Å². The summed E-state index contributed by atoms with van der Waals surface area (Å²) in [6.45, 7) is 4.08. The third-order valence-corrected chi connectivity index (χ3v) is 3.26. The fourth-order valence-electron chi connectivity index (χ4n) is 1.65. The molecule has 0 aliphatic rings. The van der Waals surface area contributed by atoms with Crippen molar-refractivity contribution in [2.75, 3.05) is 0 Å². The van der Waals surface area contributed by atoms with Crippen LogP contribution in [0.2, 0.25) is 0 Å². The normalized spacial score (nSPS) is 11.1. The summed E-state index contributed by atoms with van der Waals surface area (Å²) in [5, 5.41) is 0.438. The predicted molar refractivity (Wildman–Crippen MR) is 69.7 cm³/mol. The van der Waals surface area contributed by atoms with Crippen molar-refractivity contribution in [1.82, 2.24) is 0 Å². The van der Waals surface area contributed by atoms with Gasteiger partial charge in [0.25, 0.3) is 0 Å². The van der Waals surface area contributed by atoms with Crippen molar-refractivity contribution in [2.45, 2.75) is 19.8 Å². The molecule has 0 aliphatic carbocycles. The third kappa shape index (κ3) is 2.05. The zero-order valence-corrected chi connectivity index (χ0v) is 11.1. The van der Waals surface area contributed by atoms with E-state index in [0.717, 1.165) is 10.0 Å². The van der Waals surface area contributed by atoms with Gasteiger partial charge in [-0.25, -0.2) is 0 Å². The van der Waals surface area contributed by atoms with Gasteiger partial charge in [0.2, 0.25) is 5.43 Å². The molecule has 0 radical (unpaired) electrons. The summed E-state index contributed by atoms with van der Waals surface area (Å²) in [5.41, 5.74) is 1.26. The molecule has 0 aliphatic heterocycles. The van der Waals surface area contributed by atoms with Crippen LogP contribution in [0.15, 0.2) is 32.1 Å². The molecule has 2 aromatic rings. The lowest BCUT2D eigenvalue weighted by atomic mass is 10.0. The Morgan fingerprint density at radius 3 is 2.65 bits per heavy atom. The van der Waals surface area contributed by atoms with Crippen molar-refractivity contribution in [3.8, 4) is 0 Å². The quantitative estimate of drug-likeness (QED) is 0.797. The van der Waals surface area contributed by atoms with Crippen molar-refractivity contribution >= 4 is 33.2 Å². The van der Waals surface area contributed by atoms with E-state index in [9.17, 15) is 9.59 Å². The van der Waals surface area contributed by atoms with E-state index in [0.29, 0.717) is 23.2 Å². The van der Waals surface area contributed by atoms with E-state index < -0.39 is 0 Å². The maximum Gasteiger partial charge on any atom is 0.203 e. The number of hydrogen-bond acceptors (Lipinski definition) is 3. The molecule has 0 amide bonds. The van der Waals surface area contributed by atoms with E-state index in [1.54, 1.807) is 6.07 Å². The molecule has 1 aromatic carbocycles. The number of fused-ring (bicyclic) bond motifs is 1. The van der Waals surface area contributed by atoms with Crippen molar-refractivity contribution in [3.63, 3.8) is 0 Å². The zero-order valence-electron chi connectivity index (χ0n) is 9.49. The highest BCUT2D eigenvalue weighted by molar-refractivity contribution is 9.10. The van der Waals surface area contributed by atoms with Gasteiger partial charge in [-0.3, -0.25) is 9.59 Å². The van der Waals surface area contributed by atoms with Crippen molar-refractivity contribution < 1.29 is 9.21 Å². The predicted octanol–water partition coefficient (Wildman–Crippen LogP) is 3.49. The first kappa shape index (κ1) is 12.0. The largest absolute Gasteiger partial charge is 0.462 e. The monoisotopic (exact) mass is 294 g/mol. The molecule has 1 heterocycles. The van der Waals surface area contributed by atoms with Gasteiger partial charge in [-0.15, -0.1) is 0 Å². The van der Waals surface area contributed by atoms with E-state index in [1.807, 2.05) is 19.9 Å². The number of benzene rings is 1. The SMILES string of the molecule is CC(C)c1cc(Br)c2occ(C=O)c(=O)c2c1. The summed E-state index contributed by atoms with van der Waals surface area (Å²) >= 11 is 3.38. The Balaban J connectivity index is 2.89. The van der Waals surface area contributed by atoms with Crippen LogP contribution in [0.25, 0.3) is 11.0 Å².